The van der Waals surface area contributed by atoms with E-state index in [1.165, 1.54) is 0 Å². The molecule has 6 heteroatoms. The Morgan fingerprint density at radius 1 is 0.917 bits per heavy atom. The molecule has 0 amide bonds. The van der Waals surface area contributed by atoms with E-state index in [-0.39, 0.29) is 0 Å². The van der Waals surface area contributed by atoms with Crippen molar-refractivity contribution in [2.75, 3.05) is 31.1 Å². The third-order valence-corrected chi connectivity index (χ3v) is 6.67. The molecule has 0 radical (unpaired) electrons. The summed E-state index contributed by atoms with van der Waals surface area (Å²) < 4.78 is 27.8. The van der Waals surface area contributed by atoms with Gasteiger partial charge in [0.15, 0.2) is 0 Å². The van der Waals surface area contributed by atoms with Crippen molar-refractivity contribution >= 4 is 15.7 Å². The average Bonchev–Trinajstić information content (AvgIpc) is 2.54. The van der Waals surface area contributed by atoms with Crippen LogP contribution in [0.25, 0.3) is 0 Å². The predicted octanol–water partition coefficient (Wildman–Crippen LogP) is 2.52. The molecule has 128 valence electrons. The number of hydrogen-bond acceptors (Lipinski definition) is 4. The van der Waals surface area contributed by atoms with Gasteiger partial charge in [0.25, 0.3) is 0 Å². The second-order valence-electron chi connectivity index (χ2n) is 6.32. The Labute approximate surface area is 144 Å². The first kappa shape index (κ1) is 16.9. The standard InChI is InChI=1S/C18H23N3O2S/c1-14-12-15(2)18(16(3)13-14)24(22,23)21-10-8-20(9-11-21)17-4-6-19-7-5-17/h4-7,12-13H,8-11H2,1-3H3. The summed E-state index contributed by atoms with van der Waals surface area (Å²) in [5, 5.41) is 0. The Kier molecular flexibility index (Phi) is 4.60. The molecule has 0 spiro atoms. The van der Waals surface area contributed by atoms with Gasteiger partial charge in [0.05, 0.1) is 4.90 Å². The first-order chi connectivity index (χ1) is 11.4. The molecule has 24 heavy (non-hydrogen) atoms. The summed E-state index contributed by atoms with van der Waals surface area (Å²) in [6.07, 6.45) is 3.52. The Bertz CT molecular complexity index is 804. The van der Waals surface area contributed by atoms with Crippen molar-refractivity contribution in [3.63, 3.8) is 0 Å². The molecule has 1 aliphatic rings. The van der Waals surface area contributed by atoms with E-state index in [4.69, 9.17) is 0 Å². The number of nitrogens with zero attached hydrogens (tertiary/aromatic N) is 3. The molecule has 1 saturated heterocycles. The molecule has 0 atom stereocenters. The van der Waals surface area contributed by atoms with Crippen molar-refractivity contribution in [1.29, 1.82) is 0 Å². The van der Waals surface area contributed by atoms with Crippen molar-refractivity contribution in [3.8, 4) is 0 Å². The maximum Gasteiger partial charge on any atom is 0.243 e. The van der Waals surface area contributed by atoms with Gasteiger partial charge in [0, 0.05) is 44.3 Å². The number of pyridine rings is 1. The molecule has 1 fully saturated rings. The fourth-order valence-corrected chi connectivity index (χ4v) is 5.28. The quantitative estimate of drug-likeness (QED) is 0.858. The summed E-state index contributed by atoms with van der Waals surface area (Å²) in [4.78, 5) is 6.69. The predicted molar refractivity (Wildman–Crippen MR) is 95.9 cm³/mol. The molecule has 2 heterocycles. The van der Waals surface area contributed by atoms with Gasteiger partial charge in [0.1, 0.15) is 0 Å². The first-order valence-corrected chi connectivity index (χ1v) is 9.56. The van der Waals surface area contributed by atoms with E-state index in [1.54, 1.807) is 16.7 Å². The molecule has 0 aliphatic carbocycles. The van der Waals surface area contributed by atoms with Crippen molar-refractivity contribution in [2.24, 2.45) is 0 Å². The number of benzene rings is 1. The highest BCUT2D eigenvalue weighted by atomic mass is 32.2. The number of hydrogen-bond donors (Lipinski definition) is 0. The minimum atomic E-state index is -3.45. The Morgan fingerprint density at radius 2 is 1.46 bits per heavy atom. The third kappa shape index (κ3) is 3.16. The summed E-state index contributed by atoms with van der Waals surface area (Å²) in [6, 6.07) is 7.79. The van der Waals surface area contributed by atoms with E-state index >= 15 is 0 Å². The topological polar surface area (TPSA) is 53.5 Å². The number of anilines is 1. The lowest BCUT2D eigenvalue weighted by molar-refractivity contribution is 0.384. The monoisotopic (exact) mass is 345 g/mol. The van der Waals surface area contributed by atoms with Crippen molar-refractivity contribution < 1.29 is 8.42 Å². The number of sulfonamides is 1. The summed E-state index contributed by atoms with van der Waals surface area (Å²) in [5.74, 6) is 0. The maximum atomic E-state index is 13.1. The molecule has 1 aromatic carbocycles. The summed E-state index contributed by atoms with van der Waals surface area (Å²) in [7, 11) is -3.45. The third-order valence-electron chi connectivity index (χ3n) is 4.47. The van der Waals surface area contributed by atoms with E-state index < -0.39 is 10.0 Å². The van der Waals surface area contributed by atoms with Crippen LogP contribution in [0.4, 0.5) is 5.69 Å². The van der Waals surface area contributed by atoms with Gasteiger partial charge < -0.3 is 4.90 Å². The van der Waals surface area contributed by atoms with Gasteiger partial charge in [-0.15, -0.1) is 0 Å². The minimum absolute atomic E-state index is 0.463. The number of rotatable bonds is 3. The molecular formula is C18H23N3O2S. The van der Waals surface area contributed by atoms with Crippen molar-refractivity contribution in [2.45, 2.75) is 25.7 Å². The van der Waals surface area contributed by atoms with Gasteiger partial charge in [-0.1, -0.05) is 17.7 Å². The summed E-state index contributed by atoms with van der Waals surface area (Å²) in [6.45, 7) is 8.11. The lowest BCUT2D eigenvalue weighted by atomic mass is 10.1. The van der Waals surface area contributed by atoms with Crippen LogP contribution in [0.15, 0.2) is 41.6 Å². The zero-order chi connectivity index (χ0) is 17.3. The second-order valence-corrected chi connectivity index (χ2v) is 8.20. The van der Waals surface area contributed by atoms with E-state index in [0.717, 1.165) is 22.4 Å². The number of aryl methyl sites for hydroxylation is 3. The zero-order valence-electron chi connectivity index (χ0n) is 14.4. The molecule has 5 nitrogen and oxygen atoms in total. The van der Waals surface area contributed by atoms with Crippen molar-refractivity contribution in [1.82, 2.24) is 9.29 Å². The van der Waals surface area contributed by atoms with Gasteiger partial charge in [-0.3, -0.25) is 4.98 Å². The molecule has 3 rings (SSSR count). The Balaban J connectivity index is 1.81. The summed E-state index contributed by atoms with van der Waals surface area (Å²) in [5.41, 5.74) is 3.82. The van der Waals surface area contributed by atoms with Crippen LogP contribution in [-0.2, 0) is 10.0 Å². The highest BCUT2D eigenvalue weighted by molar-refractivity contribution is 7.89. The van der Waals surface area contributed by atoms with Crippen molar-refractivity contribution in [3.05, 3.63) is 53.3 Å². The fraction of sp³-hybridized carbons (Fsp3) is 0.389. The van der Waals surface area contributed by atoms with Gasteiger partial charge in [0.2, 0.25) is 10.0 Å². The lowest BCUT2D eigenvalue weighted by Crippen LogP contribution is -2.48. The molecule has 1 aromatic heterocycles. The Morgan fingerprint density at radius 3 is 2.00 bits per heavy atom. The molecule has 0 N–H and O–H groups in total. The van der Waals surface area contributed by atoms with Gasteiger partial charge in [-0.25, -0.2) is 8.42 Å². The van der Waals surface area contributed by atoms with Gasteiger partial charge in [-0.2, -0.15) is 4.31 Å². The smallest absolute Gasteiger partial charge is 0.243 e. The zero-order valence-corrected chi connectivity index (χ0v) is 15.2. The summed E-state index contributed by atoms with van der Waals surface area (Å²) >= 11 is 0. The minimum Gasteiger partial charge on any atom is -0.369 e. The average molecular weight is 345 g/mol. The molecule has 1 aliphatic heterocycles. The number of aromatic nitrogens is 1. The highest BCUT2D eigenvalue weighted by Crippen LogP contribution is 2.26. The van der Waals surface area contributed by atoms with Crippen LogP contribution >= 0.6 is 0 Å². The van der Waals surface area contributed by atoms with Crippen LogP contribution in [-0.4, -0.2) is 43.9 Å². The molecule has 0 bridgehead atoms. The van der Waals surface area contributed by atoms with Crippen LogP contribution < -0.4 is 4.90 Å². The van der Waals surface area contributed by atoms with Gasteiger partial charge >= 0.3 is 0 Å². The van der Waals surface area contributed by atoms with Gasteiger partial charge in [-0.05, 0) is 44.0 Å². The first-order valence-electron chi connectivity index (χ1n) is 8.12. The van der Waals surface area contributed by atoms with E-state index in [0.29, 0.717) is 31.1 Å². The maximum absolute atomic E-state index is 13.1. The van der Waals surface area contributed by atoms with Crippen LogP contribution in [0, 0.1) is 20.8 Å². The van der Waals surface area contributed by atoms with Crippen LogP contribution in [0.3, 0.4) is 0 Å². The second kappa shape index (κ2) is 6.53. The van der Waals surface area contributed by atoms with Crippen LogP contribution in [0.1, 0.15) is 16.7 Å². The van der Waals surface area contributed by atoms with Crippen LogP contribution in [0.2, 0.25) is 0 Å². The molecule has 2 aromatic rings. The number of piperazine rings is 1. The van der Waals surface area contributed by atoms with E-state index in [1.807, 2.05) is 45.0 Å². The highest BCUT2D eigenvalue weighted by Gasteiger charge is 2.30. The lowest BCUT2D eigenvalue weighted by Gasteiger charge is -2.35. The molecular weight excluding hydrogens is 322 g/mol. The SMILES string of the molecule is Cc1cc(C)c(S(=O)(=O)N2CCN(c3ccncc3)CC2)c(C)c1. The Hall–Kier alpha value is -1.92. The van der Waals surface area contributed by atoms with E-state index in [2.05, 4.69) is 9.88 Å². The fourth-order valence-electron chi connectivity index (χ4n) is 3.44. The molecule has 0 saturated carbocycles. The largest absolute Gasteiger partial charge is 0.369 e. The molecule has 0 unspecified atom stereocenters. The van der Waals surface area contributed by atoms with E-state index in [9.17, 15) is 8.42 Å². The van der Waals surface area contributed by atoms with Crippen LogP contribution in [0.5, 0.6) is 0 Å². The normalized spacial score (nSPS) is 16.4.